The number of hydrogen-bond donors (Lipinski definition) is 1. The lowest BCUT2D eigenvalue weighted by Crippen LogP contribution is -2.37. The molecule has 1 N–H and O–H groups in total. The summed E-state index contributed by atoms with van der Waals surface area (Å²) in [5.74, 6) is 2.32. The number of ether oxygens (including phenoxy) is 3. The van der Waals surface area contributed by atoms with Gasteiger partial charge < -0.3 is 19.3 Å². The Kier molecular flexibility index (Phi) is 8.54. The molecule has 1 aliphatic heterocycles. The highest BCUT2D eigenvalue weighted by Gasteiger charge is 2.31. The number of aliphatic hydroxyl groups is 1. The molecule has 194 valence electrons. The molecule has 2 heterocycles. The van der Waals surface area contributed by atoms with Gasteiger partial charge in [0.15, 0.2) is 11.5 Å². The SMILES string of the molecule is COc1cc(CN2CCC[C@](O)(COc3ccc(C)cc3C)CC2)ccc1OCCn1cc(C)cn1. The Bertz CT molecular complexity index is 1150. The number of nitrogens with zero attached hydrogens (tertiary/aromatic N) is 3. The minimum atomic E-state index is -0.811. The fourth-order valence-corrected chi connectivity index (χ4v) is 4.74. The molecule has 2 aromatic carbocycles. The van der Waals surface area contributed by atoms with Gasteiger partial charge in [0, 0.05) is 19.3 Å². The summed E-state index contributed by atoms with van der Waals surface area (Å²) in [7, 11) is 1.67. The van der Waals surface area contributed by atoms with E-state index < -0.39 is 5.60 Å². The van der Waals surface area contributed by atoms with Gasteiger partial charge in [0.25, 0.3) is 0 Å². The fraction of sp³-hybridized carbons (Fsp3) is 0.483. The average molecular weight is 494 g/mol. The lowest BCUT2D eigenvalue weighted by molar-refractivity contribution is -0.0170. The number of aryl methyl sites for hydroxylation is 3. The zero-order chi connectivity index (χ0) is 25.5. The molecule has 0 aliphatic carbocycles. The van der Waals surface area contributed by atoms with Crippen molar-refractivity contribution in [1.82, 2.24) is 14.7 Å². The van der Waals surface area contributed by atoms with Crippen molar-refractivity contribution in [2.45, 2.75) is 58.7 Å². The molecule has 4 rings (SSSR count). The molecular formula is C29H39N3O4. The standard InChI is InChI=1S/C29H39N3O4/c1-22-6-8-26(24(3)16-22)36-21-29(33)10-5-12-31(13-11-29)20-25-7-9-27(28(17-25)34-4)35-15-14-32-19-23(2)18-30-32/h6-9,16-19,33H,5,10-15,20-21H2,1-4H3/t29-/m1/s1. The van der Waals surface area contributed by atoms with Crippen LogP contribution >= 0.6 is 0 Å². The monoisotopic (exact) mass is 493 g/mol. The maximum absolute atomic E-state index is 11.2. The van der Waals surface area contributed by atoms with E-state index in [4.69, 9.17) is 14.2 Å². The molecule has 0 radical (unpaired) electrons. The molecule has 0 bridgehead atoms. The van der Waals surface area contributed by atoms with Crippen molar-refractivity contribution < 1.29 is 19.3 Å². The number of aromatic nitrogens is 2. The van der Waals surface area contributed by atoms with E-state index in [1.54, 1.807) is 7.11 Å². The molecule has 1 aromatic heterocycles. The first-order valence-electron chi connectivity index (χ1n) is 12.8. The van der Waals surface area contributed by atoms with Gasteiger partial charge in [-0.15, -0.1) is 0 Å². The van der Waals surface area contributed by atoms with Crippen LogP contribution in [0.1, 0.15) is 41.5 Å². The fourth-order valence-electron chi connectivity index (χ4n) is 4.74. The summed E-state index contributed by atoms with van der Waals surface area (Å²) in [6.45, 7) is 10.2. The molecule has 3 aromatic rings. The van der Waals surface area contributed by atoms with Crippen LogP contribution < -0.4 is 14.2 Å². The minimum Gasteiger partial charge on any atom is -0.493 e. The van der Waals surface area contributed by atoms with Crippen LogP contribution in [0.2, 0.25) is 0 Å². The Morgan fingerprint density at radius 1 is 0.944 bits per heavy atom. The van der Waals surface area contributed by atoms with Crippen LogP contribution in [0.15, 0.2) is 48.8 Å². The van der Waals surface area contributed by atoms with E-state index in [-0.39, 0.29) is 0 Å². The third kappa shape index (κ3) is 7.02. The van der Waals surface area contributed by atoms with Crippen LogP contribution in [-0.2, 0) is 13.1 Å². The van der Waals surface area contributed by atoms with Gasteiger partial charge in [-0.25, -0.2) is 0 Å². The topological polar surface area (TPSA) is 69.0 Å². The van der Waals surface area contributed by atoms with E-state index in [1.807, 2.05) is 55.2 Å². The summed E-state index contributed by atoms with van der Waals surface area (Å²) >= 11 is 0. The van der Waals surface area contributed by atoms with E-state index in [1.165, 1.54) is 11.1 Å². The molecule has 1 aliphatic rings. The molecule has 1 fully saturated rings. The summed E-state index contributed by atoms with van der Waals surface area (Å²) in [6, 6.07) is 12.3. The lowest BCUT2D eigenvalue weighted by atomic mass is 9.96. The van der Waals surface area contributed by atoms with Gasteiger partial charge in [0.1, 0.15) is 19.0 Å². The van der Waals surface area contributed by atoms with Crippen molar-refractivity contribution in [3.63, 3.8) is 0 Å². The van der Waals surface area contributed by atoms with Gasteiger partial charge in [0.2, 0.25) is 0 Å². The van der Waals surface area contributed by atoms with Crippen LogP contribution in [0.4, 0.5) is 0 Å². The van der Waals surface area contributed by atoms with E-state index in [0.717, 1.165) is 60.9 Å². The molecule has 1 saturated heterocycles. The molecule has 36 heavy (non-hydrogen) atoms. The number of methoxy groups -OCH3 is 1. The molecule has 0 spiro atoms. The van der Waals surface area contributed by atoms with Crippen LogP contribution in [0, 0.1) is 20.8 Å². The van der Waals surface area contributed by atoms with Crippen LogP contribution in [-0.4, -0.2) is 58.8 Å². The van der Waals surface area contributed by atoms with Crippen molar-refractivity contribution in [1.29, 1.82) is 0 Å². The van der Waals surface area contributed by atoms with Crippen molar-refractivity contribution in [3.05, 3.63) is 71.0 Å². The predicted octanol–water partition coefficient (Wildman–Crippen LogP) is 4.69. The second kappa shape index (κ2) is 11.8. The zero-order valence-electron chi connectivity index (χ0n) is 22.0. The van der Waals surface area contributed by atoms with Crippen LogP contribution in [0.3, 0.4) is 0 Å². The van der Waals surface area contributed by atoms with E-state index in [0.29, 0.717) is 26.2 Å². The predicted molar refractivity (Wildman–Crippen MR) is 141 cm³/mol. The van der Waals surface area contributed by atoms with Crippen LogP contribution in [0.5, 0.6) is 17.2 Å². The first-order chi connectivity index (χ1) is 17.3. The van der Waals surface area contributed by atoms with Gasteiger partial charge >= 0.3 is 0 Å². The second-order valence-electron chi connectivity index (χ2n) is 10.0. The molecular weight excluding hydrogens is 454 g/mol. The van der Waals surface area contributed by atoms with Crippen molar-refractivity contribution in [2.75, 3.05) is 33.4 Å². The van der Waals surface area contributed by atoms with Gasteiger partial charge in [0.05, 0.1) is 25.5 Å². The summed E-state index contributed by atoms with van der Waals surface area (Å²) < 4.78 is 19.5. The van der Waals surface area contributed by atoms with E-state index in [2.05, 4.69) is 29.1 Å². The Balaban J connectivity index is 1.29. The van der Waals surface area contributed by atoms with Crippen molar-refractivity contribution in [3.8, 4) is 17.2 Å². The van der Waals surface area contributed by atoms with Gasteiger partial charge in [-0.1, -0.05) is 23.8 Å². The largest absolute Gasteiger partial charge is 0.493 e. The maximum atomic E-state index is 11.2. The Hall–Kier alpha value is -3.03. The first kappa shape index (κ1) is 26.0. The molecule has 0 unspecified atom stereocenters. The molecule has 1 atom stereocenters. The quantitative estimate of drug-likeness (QED) is 0.442. The highest BCUT2D eigenvalue weighted by Crippen LogP contribution is 2.30. The van der Waals surface area contributed by atoms with Gasteiger partial charge in [-0.2, -0.15) is 5.10 Å². The maximum Gasteiger partial charge on any atom is 0.161 e. The smallest absolute Gasteiger partial charge is 0.161 e. The molecule has 0 saturated carbocycles. The molecule has 7 heteroatoms. The molecule has 7 nitrogen and oxygen atoms in total. The van der Waals surface area contributed by atoms with E-state index in [9.17, 15) is 5.11 Å². The summed E-state index contributed by atoms with van der Waals surface area (Å²) in [5.41, 5.74) is 3.81. The molecule has 0 amide bonds. The third-order valence-corrected chi connectivity index (χ3v) is 6.81. The minimum absolute atomic E-state index is 0.322. The number of likely N-dealkylation sites (tertiary alicyclic amines) is 1. The summed E-state index contributed by atoms with van der Waals surface area (Å²) in [5, 5.41) is 15.5. The van der Waals surface area contributed by atoms with Gasteiger partial charge in [-0.05, 0) is 81.5 Å². The Labute approximate surface area is 214 Å². The van der Waals surface area contributed by atoms with Crippen molar-refractivity contribution >= 4 is 0 Å². The summed E-state index contributed by atoms with van der Waals surface area (Å²) in [4.78, 5) is 2.39. The Morgan fingerprint density at radius 3 is 2.53 bits per heavy atom. The third-order valence-electron chi connectivity index (χ3n) is 6.81. The lowest BCUT2D eigenvalue weighted by Gasteiger charge is -2.27. The van der Waals surface area contributed by atoms with Crippen LogP contribution in [0.25, 0.3) is 0 Å². The zero-order valence-corrected chi connectivity index (χ0v) is 22.0. The first-order valence-corrected chi connectivity index (χ1v) is 12.8. The van der Waals surface area contributed by atoms with E-state index >= 15 is 0 Å². The normalized spacial score (nSPS) is 18.6. The van der Waals surface area contributed by atoms with Crippen molar-refractivity contribution in [2.24, 2.45) is 0 Å². The highest BCUT2D eigenvalue weighted by atomic mass is 16.5. The number of benzene rings is 2. The second-order valence-corrected chi connectivity index (χ2v) is 10.0. The average Bonchev–Trinajstić information content (AvgIpc) is 3.18. The number of rotatable bonds is 10. The highest BCUT2D eigenvalue weighted by molar-refractivity contribution is 5.43. The number of hydrogen-bond acceptors (Lipinski definition) is 6. The van der Waals surface area contributed by atoms with Gasteiger partial charge in [-0.3, -0.25) is 9.58 Å². The Morgan fingerprint density at radius 2 is 1.78 bits per heavy atom. The summed E-state index contributed by atoms with van der Waals surface area (Å²) in [6.07, 6.45) is 6.19.